The van der Waals surface area contributed by atoms with E-state index in [1.54, 1.807) is 11.3 Å². The normalized spacial score (nSPS) is 13.3. The third kappa shape index (κ3) is 4.28. The van der Waals surface area contributed by atoms with E-state index in [9.17, 15) is 23.1 Å². The highest BCUT2D eigenvalue weighted by Gasteiger charge is 2.33. The summed E-state index contributed by atoms with van der Waals surface area (Å²) in [5.41, 5.74) is 6.89. The van der Waals surface area contributed by atoms with Crippen molar-refractivity contribution in [2.24, 2.45) is 5.73 Å². The standard InChI is InChI=1S/C24H19F3N4O3S/c25-24(26,27)19-8-6-14-15(5-7-16(32)20(14)30-19)23-31-21(17(9-28)34-23)22(33)29-10-12-11-35-18-4-2-1-3-13(12)18/h2,4-8,11,32H,1,3,9-10,28H2,(H,29,33). The van der Waals surface area contributed by atoms with Gasteiger partial charge in [-0.15, -0.1) is 11.3 Å². The molecule has 0 saturated heterocycles. The second-order valence-corrected chi connectivity index (χ2v) is 8.86. The van der Waals surface area contributed by atoms with Crippen molar-refractivity contribution in [3.63, 3.8) is 0 Å². The zero-order chi connectivity index (χ0) is 24.7. The number of nitrogens with two attached hydrogens (primary N) is 1. The molecular formula is C24H19F3N4O3S. The van der Waals surface area contributed by atoms with Gasteiger partial charge in [0.1, 0.15) is 17.0 Å². The van der Waals surface area contributed by atoms with E-state index >= 15 is 0 Å². The molecule has 1 aliphatic carbocycles. The Kier molecular flexibility index (Phi) is 5.81. The van der Waals surface area contributed by atoms with Crippen LogP contribution in [0, 0.1) is 0 Å². The number of halogens is 3. The van der Waals surface area contributed by atoms with Crippen molar-refractivity contribution in [2.45, 2.75) is 32.1 Å². The first-order chi connectivity index (χ1) is 16.8. The van der Waals surface area contributed by atoms with Crippen LogP contribution in [0.25, 0.3) is 28.4 Å². The lowest BCUT2D eigenvalue weighted by Crippen LogP contribution is -2.25. The fraction of sp³-hybridized carbons (Fsp3) is 0.208. The summed E-state index contributed by atoms with van der Waals surface area (Å²) in [4.78, 5) is 22.0. The number of amides is 1. The van der Waals surface area contributed by atoms with Gasteiger partial charge in [0.25, 0.3) is 5.91 Å². The predicted octanol–water partition coefficient (Wildman–Crippen LogP) is 5.02. The Morgan fingerprint density at radius 2 is 2.06 bits per heavy atom. The molecule has 0 unspecified atom stereocenters. The molecule has 1 aliphatic rings. The molecule has 4 aromatic rings. The molecule has 5 rings (SSSR count). The molecule has 0 bridgehead atoms. The summed E-state index contributed by atoms with van der Waals surface area (Å²) in [6.07, 6.45) is 1.41. The number of rotatable bonds is 5. The number of nitrogens with zero attached hydrogens (tertiary/aromatic N) is 2. The molecule has 3 aromatic heterocycles. The van der Waals surface area contributed by atoms with E-state index < -0.39 is 23.5 Å². The predicted molar refractivity (Wildman–Crippen MR) is 125 cm³/mol. The molecule has 0 spiro atoms. The maximum Gasteiger partial charge on any atom is 0.433 e. The minimum atomic E-state index is -4.67. The lowest BCUT2D eigenvalue weighted by atomic mass is 10.0. The molecule has 1 amide bonds. The summed E-state index contributed by atoms with van der Waals surface area (Å²) < 4.78 is 45.0. The van der Waals surface area contributed by atoms with Gasteiger partial charge in [0.15, 0.2) is 11.5 Å². The zero-order valence-corrected chi connectivity index (χ0v) is 19.0. The van der Waals surface area contributed by atoms with Crippen LogP contribution in [0.1, 0.15) is 44.4 Å². The van der Waals surface area contributed by atoms with E-state index in [0.29, 0.717) is 6.54 Å². The van der Waals surface area contributed by atoms with Gasteiger partial charge in [-0.25, -0.2) is 9.97 Å². The third-order valence-corrected chi connectivity index (χ3v) is 6.78. The van der Waals surface area contributed by atoms with E-state index in [4.69, 9.17) is 10.2 Å². The van der Waals surface area contributed by atoms with Gasteiger partial charge in [0, 0.05) is 22.4 Å². The highest BCUT2D eigenvalue weighted by atomic mass is 32.1. The van der Waals surface area contributed by atoms with E-state index in [2.05, 4.69) is 27.4 Å². The van der Waals surface area contributed by atoms with Crippen LogP contribution >= 0.6 is 11.3 Å². The number of thiophene rings is 1. The van der Waals surface area contributed by atoms with Gasteiger partial charge >= 0.3 is 6.18 Å². The average Bonchev–Trinajstić information content (AvgIpc) is 3.46. The Hall–Kier alpha value is -3.70. The van der Waals surface area contributed by atoms with Crippen molar-refractivity contribution >= 4 is 34.2 Å². The van der Waals surface area contributed by atoms with Crippen molar-refractivity contribution in [2.75, 3.05) is 0 Å². The maximum absolute atomic E-state index is 13.1. The molecule has 0 atom stereocenters. The van der Waals surface area contributed by atoms with Gasteiger partial charge in [0.05, 0.1) is 6.54 Å². The fourth-order valence-corrected chi connectivity index (χ4v) is 5.06. The molecule has 0 saturated carbocycles. The number of nitrogens with one attached hydrogen (secondary N) is 1. The molecule has 11 heteroatoms. The largest absolute Gasteiger partial charge is 0.506 e. The van der Waals surface area contributed by atoms with E-state index in [0.717, 1.165) is 24.5 Å². The molecule has 3 heterocycles. The maximum atomic E-state index is 13.1. The number of aromatic hydroxyl groups is 1. The summed E-state index contributed by atoms with van der Waals surface area (Å²) in [7, 11) is 0. The lowest BCUT2D eigenvalue weighted by Gasteiger charge is -2.09. The number of hydrogen-bond acceptors (Lipinski definition) is 7. The number of phenols is 1. The minimum Gasteiger partial charge on any atom is -0.506 e. The van der Waals surface area contributed by atoms with Crippen molar-refractivity contribution in [3.05, 3.63) is 68.9 Å². The molecular weight excluding hydrogens is 481 g/mol. The van der Waals surface area contributed by atoms with E-state index in [1.807, 2.05) is 5.38 Å². The van der Waals surface area contributed by atoms with Crippen LogP contribution in [0.4, 0.5) is 13.2 Å². The Morgan fingerprint density at radius 3 is 2.83 bits per heavy atom. The minimum absolute atomic E-state index is 0.00686. The quantitative estimate of drug-likeness (QED) is 0.354. The third-order valence-electron chi connectivity index (χ3n) is 5.74. The Bertz CT molecular complexity index is 1470. The first-order valence-corrected chi connectivity index (χ1v) is 11.6. The van der Waals surface area contributed by atoms with Crippen LogP contribution < -0.4 is 11.1 Å². The molecule has 35 heavy (non-hydrogen) atoms. The number of aromatic nitrogens is 2. The Balaban J connectivity index is 1.46. The Labute approximate surface area is 201 Å². The van der Waals surface area contributed by atoms with Crippen molar-refractivity contribution in [1.82, 2.24) is 15.3 Å². The van der Waals surface area contributed by atoms with E-state index in [-0.39, 0.29) is 40.4 Å². The second kappa shape index (κ2) is 8.82. The first kappa shape index (κ1) is 23.1. The van der Waals surface area contributed by atoms with Gasteiger partial charge in [-0.1, -0.05) is 6.08 Å². The van der Waals surface area contributed by atoms with Gasteiger partial charge in [-0.05, 0) is 59.7 Å². The molecule has 7 nitrogen and oxygen atoms in total. The van der Waals surface area contributed by atoms with E-state index in [1.165, 1.54) is 28.6 Å². The molecule has 4 N–H and O–H groups in total. The van der Waals surface area contributed by atoms with Crippen molar-refractivity contribution < 1.29 is 27.5 Å². The number of benzene rings is 1. The van der Waals surface area contributed by atoms with Crippen LogP contribution in [0.5, 0.6) is 5.75 Å². The number of hydrogen-bond donors (Lipinski definition) is 3. The highest BCUT2D eigenvalue weighted by molar-refractivity contribution is 7.11. The topological polar surface area (TPSA) is 114 Å². The molecule has 1 aromatic carbocycles. The van der Waals surface area contributed by atoms with Gasteiger partial charge < -0.3 is 20.6 Å². The lowest BCUT2D eigenvalue weighted by molar-refractivity contribution is -0.140. The number of oxazole rings is 1. The van der Waals surface area contributed by atoms with Gasteiger partial charge in [0.2, 0.25) is 5.89 Å². The van der Waals surface area contributed by atoms with Crippen molar-refractivity contribution in [1.29, 1.82) is 0 Å². The monoisotopic (exact) mass is 500 g/mol. The van der Waals surface area contributed by atoms with Gasteiger partial charge in [-0.2, -0.15) is 13.2 Å². The summed E-state index contributed by atoms with van der Waals surface area (Å²) in [5.74, 6) is -0.784. The average molecular weight is 501 g/mol. The summed E-state index contributed by atoms with van der Waals surface area (Å²) in [5, 5.41) is 15.2. The van der Waals surface area contributed by atoms with Crippen molar-refractivity contribution in [3.8, 4) is 17.2 Å². The van der Waals surface area contributed by atoms with Crippen LogP contribution in [0.2, 0.25) is 0 Å². The zero-order valence-electron chi connectivity index (χ0n) is 18.1. The van der Waals surface area contributed by atoms with Crippen LogP contribution in [0.15, 0.2) is 40.1 Å². The number of pyridine rings is 1. The Morgan fingerprint density at radius 1 is 1.23 bits per heavy atom. The second-order valence-electron chi connectivity index (χ2n) is 7.95. The van der Waals surface area contributed by atoms with Crippen LogP contribution in [0.3, 0.4) is 0 Å². The number of carbonyl (C=O) groups excluding carboxylic acids is 1. The van der Waals surface area contributed by atoms with Gasteiger partial charge in [-0.3, -0.25) is 4.79 Å². The van der Waals surface area contributed by atoms with Crippen LogP contribution in [-0.4, -0.2) is 21.0 Å². The smallest absolute Gasteiger partial charge is 0.433 e. The molecule has 0 radical (unpaired) electrons. The number of alkyl halides is 3. The van der Waals surface area contributed by atoms with Crippen LogP contribution in [-0.2, 0) is 25.7 Å². The number of allylic oxidation sites excluding steroid dienone is 1. The summed E-state index contributed by atoms with van der Waals surface area (Å²) >= 11 is 1.62. The number of fused-ring (bicyclic) bond motifs is 2. The molecule has 0 fully saturated rings. The fourth-order valence-electron chi connectivity index (χ4n) is 4.01. The molecule has 0 aliphatic heterocycles. The highest BCUT2D eigenvalue weighted by Crippen LogP contribution is 2.36. The first-order valence-electron chi connectivity index (χ1n) is 10.7. The SMILES string of the molecule is NCc1oc(-c2ccc(O)c3nc(C(F)(F)F)ccc23)nc1C(=O)NCc1csc2c1CCC=C2. The number of carbonyl (C=O) groups is 1. The summed E-state index contributed by atoms with van der Waals surface area (Å²) in [6, 6.07) is 4.62. The molecule has 180 valence electrons. The summed E-state index contributed by atoms with van der Waals surface area (Å²) in [6.45, 7) is 0.206. The number of phenolic OH excluding ortho intramolecular Hbond substituents is 1.